The van der Waals surface area contributed by atoms with Crippen LogP contribution < -0.4 is 5.32 Å². The van der Waals surface area contributed by atoms with Crippen LogP contribution in [0.4, 0.5) is 0 Å². The average Bonchev–Trinajstić information content (AvgIpc) is 2.97. The highest BCUT2D eigenvalue weighted by molar-refractivity contribution is 7.17. The van der Waals surface area contributed by atoms with E-state index in [-0.39, 0.29) is 0 Å². The van der Waals surface area contributed by atoms with E-state index in [1.807, 2.05) is 18.3 Å². The Morgan fingerprint density at radius 2 is 2.00 bits per heavy atom. The Hall–Kier alpha value is -1.23. The van der Waals surface area contributed by atoms with Gasteiger partial charge in [0.15, 0.2) is 0 Å². The molecule has 0 aliphatic rings. The van der Waals surface area contributed by atoms with Crippen LogP contribution in [0.2, 0.25) is 0 Å². The second-order valence-corrected chi connectivity index (χ2v) is 6.10. The van der Waals surface area contributed by atoms with E-state index in [4.69, 9.17) is 0 Å². The molecule has 0 aliphatic heterocycles. The molecule has 0 amide bonds. The van der Waals surface area contributed by atoms with Crippen LogP contribution in [0.25, 0.3) is 10.1 Å². The lowest BCUT2D eigenvalue weighted by molar-refractivity contribution is 0.693. The molecule has 0 saturated heterocycles. The van der Waals surface area contributed by atoms with Gasteiger partial charge < -0.3 is 5.32 Å². The molecule has 3 aromatic rings. The number of fused-ring (bicyclic) bond motifs is 1. The number of aromatic nitrogens is 1. The minimum Gasteiger partial charge on any atom is -0.306 e. The van der Waals surface area contributed by atoms with Gasteiger partial charge in [-0.2, -0.15) is 0 Å². The van der Waals surface area contributed by atoms with Crippen molar-refractivity contribution in [2.24, 2.45) is 0 Å². The van der Waals surface area contributed by atoms with Crippen molar-refractivity contribution in [2.75, 3.05) is 0 Å². The van der Waals surface area contributed by atoms with Gasteiger partial charge in [0.05, 0.1) is 0 Å². The lowest BCUT2D eigenvalue weighted by atomic mass is 10.2. The van der Waals surface area contributed by atoms with Gasteiger partial charge in [-0.25, -0.2) is 4.98 Å². The first-order valence-corrected chi connectivity index (χ1v) is 7.66. The smallest absolute Gasteiger partial charge is 0.107 e. The lowest BCUT2D eigenvalue weighted by Gasteiger charge is -2.01. The molecule has 0 bridgehead atoms. The fraction of sp³-hybridized carbons (Fsp3) is 0.214. The summed E-state index contributed by atoms with van der Waals surface area (Å²) >= 11 is 3.53. The molecule has 0 radical (unpaired) electrons. The van der Waals surface area contributed by atoms with E-state index in [1.54, 1.807) is 11.3 Å². The topological polar surface area (TPSA) is 24.9 Å². The molecule has 3 rings (SSSR count). The third kappa shape index (κ3) is 2.46. The molecule has 0 atom stereocenters. The Bertz CT molecular complexity index is 654. The number of benzene rings is 1. The first kappa shape index (κ1) is 11.8. The van der Waals surface area contributed by atoms with Gasteiger partial charge in [-0.15, -0.1) is 22.7 Å². The quantitative estimate of drug-likeness (QED) is 0.779. The summed E-state index contributed by atoms with van der Waals surface area (Å²) in [6.07, 6.45) is 0. The SMILES string of the molecule is Cc1csc(CNCc2csc3ccccc23)n1. The van der Waals surface area contributed by atoms with Crippen molar-refractivity contribution >= 4 is 32.8 Å². The summed E-state index contributed by atoms with van der Waals surface area (Å²) in [5.41, 5.74) is 2.49. The molecule has 1 N–H and O–H groups in total. The predicted molar refractivity (Wildman–Crippen MR) is 79.2 cm³/mol. The molecular formula is C14H14N2S2. The number of aryl methyl sites for hydroxylation is 1. The molecule has 92 valence electrons. The van der Waals surface area contributed by atoms with Crippen molar-refractivity contribution in [1.29, 1.82) is 0 Å². The summed E-state index contributed by atoms with van der Waals surface area (Å²) in [7, 11) is 0. The Morgan fingerprint density at radius 3 is 2.83 bits per heavy atom. The van der Waals surface area contributed by atoms with Crippen LogP contribution in [-0.4, -0.2) is 4.98 Å². The van der Waals surface area contributed by atoms with Gasteiger partial charge in [0.1, 0.15) is 5.01 Å². The van der Waals surface area contributed by atoms with E-state index in [0.717, 1.165) is 23.8 Å². The first-order valence-electron chi connectivity index (χ1n) is 5.90. The first-order chi connectivity index (χ1) is 8.83. The number of thiazole rings is 1. The van der Waals surface area contributed by atoms with Crippen LogP contribution in [0.15, 0.2) is 35.0 Å². The van der Waals surface area contributed by atoms with Crippen molar-refractivity contribution in [1.82, 2.24) is 10.3 Å². The third-order valence-corrected chi connectivity index (χ3v) is 4.80. The molecule has 0 fully saturated rings. The summed E-state index contributed by atoms with van der Waals surface area (Å²) in [4.78, 5) is 4.45. The van der Waals surface area contributed by atoms with Crippen molar-refractivity contribution in [2.45, 2.75) is 20.0 Å². The van der Waals surface area contributed by atoms with Crippen LogP contribution in [0.1, 0.15) is 16.3 Å². The van der Waals surface area contributed by atoms with Gasteiger partial charge in [0.2, 0.25) is 0 Å². The standard InChI is InChI=1S/C14H14N2S2/c1-10-8-18-14(16-10)7-15-6-11-9-17-13-5-3-2-4-12(11)13/h2-5,8-9,15H,6-7H2,1H3. The van der Waals surface area contributed by atoms with Gasteiger partial charge in [-0.3, -0.25) is 0 Å². The van der Waals surface area contributed by atoms with Crippen molar-refractivity contribution in [3.63, 3.8) is 0 Å². The van der Waals surface area contributed by atoms with E-state index in [1.165, 1.54) is 15.6 Å². The summed E-state index contributed by atoms with van der Waals surface area (Å²) in [5.74, 6) is 0. The maximum Gasteiger partial charge on any atom is 0.107 e. The van der Waals surface area contributed by atoms with E-state index >= 15 is 0 Å². The number of hydrogen-bond donors (Lipinski definition) is 1. The normalized spacial score (nSPS) is 11.2. The van der Waals surface area contributed by atoms with Crippen LogP contribution in [-0.2, 0) is 13.1 Å². The molecule has 1 aromatic carbocycles. The summed E-state index contributed by atoms with van der Waals surface area (Å²) < 4.78 is 1.36. The predicted octanol–water partition coefficient (Wildman–Crippen LogP) is 3.96. The Kier molecular flexibility index (Phi) is 3.41. The minimum absolute atomic E-state index is 0.850. The number of hydrogen-bond acceptors (Lipinski definition) is 4. The van der Waals surface area contributed by atoms with Crippen molar-refractivity contribution in [3.8, 4) is 0 Å². The molecule has 0 spiro atoms. The van der Waals surface area contributed by atoms with Gasteiger partial charge in [-0.1, -0.05) is 18.2 Å². The minimum atomic E-state index is 0.850. The molecule has 2 nitrogen and oxygen atoms in total. The maximum atomic E-state index is 4.45. The molecule has 4 heteroatoms. The van der Waals surface area contributed by atoms with Gasteiger partial charge in [0, 0.05) is 28.9 Å². The molecule has 0 unspecified atom stereocenters. The van der Waals surface area contributed by atoms with Crippen LogP contribution in [0, 0.1) is 6.92 Å². The van der Waals surface area contributed by atoms with E-state index in [0.29, 0.717) is 0 Å². The van der Waals surface area contributed by atoms with Crippen molar-refractivity contribution in [3.05, 3.63) is 51.3 Å². The zero-order chi connectivity index (χ0) is 12.4. The summed E-state index contributed by atoms with van der Waals surface area (Å²) in [6, 6.07) is 8.56. The van der Waals surface area contributed by atoms with Crippen LogP contribution >= 0.6 is 22.7 Å². The molecular weight excluding hydrogens is 260 g/mol. The third-order valence-electron chi connectivity index (χ3n) is 2.82. The van der Waals surface area contributed by atoms with Gasteiger partial charge in [0.25, 0.3) is 0 Å². The molecule has 18 heavy (non-hydrogen) atoms. The maximum absolute atomic E-state index is 4.45. The van der Waals surface area contributed by atoms with Crippen molar-refractivity contribution < 1.29 is 0 Å². The molecule has 0 aliphatic carbocycles. The number of nitrogens with one attached hydrogen (secondary N) is 1. The number of thiophene rings is 1. The zero-order valence-electron chi connectivity index (χ0n) is 10.1. The Labute approximate surface area is 114 Å². The van der Waals surface area contributed by atoms with Gasteiger partial charge in [-0.05, 0) is 29.3 Å². The Morgan fingerprint density at radius 1 is 1.11 bits per heavy atom. The largest absolute Gasteiger partial charge is 0.306 e. The Balaban J connectivity index is 1.66. The van der Waals surface area contributed by atoms with Crippen LogP contribution in [0.3, 0.4) is 0 Å². The number of nitrogens with zero attached hydrogens (tertiary/aromatic N) is 1. The fourth-order valence-electron chi connectivity index (χ4n) is 1.96. The molecule has 2 aromatic heterocycles. The van der Waals surface area contributed by atoms with Crippen LogP contribution in [0.5, 0.6) is 0 Å². The van der Waals surface area contributed by atoms with Gasteiger partial charge >= 0.3 is 0 Å². The lowest BCUT2D eigenvalue weighted by Crippen LogP contribution is -2.12. The van der Waals surface area contributed by atoms with E-state index < -0.39 is 0 Å². The van der Waals surface area contributed by atoms with E-state index in [2.05, 4.69) is 45.3 Å². The zero-order valence-corrected chi connectivity index (χ0v) is 11.8. The fourth-order valence-corrected chi connectivity index (χ4v) is 3.66. The molecule has 0 saturated carbocycles. The number of rotatable bonds is 4. The summed E-state index contributed by atoms with van der Waals surface area (Å²) in [5, 5.41) is 10.3. The highest BCUT2D eigenvalue weighted by Crippen LogP contribution is 2.25. The monoisotopic (exact) mass is 274 g/mol. The highest BCUT2D eigenvalue weighted by atomic mass is 32.1. The second kappa shape index (κ2) is 5.18. The summed E-state index contributed by atoms with van der Waals surface area (Å²) in [6.45, 7) is 3.79. The van der Waals surface area contributed by atoms with E-state index in [9.17, 15) is 0 Å². The average molecular weight is 274 g/mol. The second-order valence-electron chi connectivity index (χ2n) is 4.24. The highest BCUT2D eigenvalue weighted by Gasteiger charge is 2.03. The molecule has 2 heterocycles.